The van der Waals surface area contributed by atoms with E-state index in [1.165, 1.54) is 24.5 Å². The van der Waals surface area contributed by atoms with Crippen molar-refractivity contribution >= 4 is 28.8 Å². The number of hydrogen-bond acceptors (Lipinski definition) is 6. The number of carbonyl (C=O) groups excluding carboxylic acids is 1. The number of benzene rings is 2. The van der Waals surface area contributed by atoms with Gasteiger partial charge in [0.2, 0.25) is 0 Å². The second-order valence-corrected chi connectivity index (χ2v) is 8.15. The van der Waals surface area contributed by atoms with Gasteiger partial charge in [0.05, 0.1) is 12.8 Å². The summed E-state index contributed by atoms with van der Waals surface area (Å²) in [7, 11) is 1.37. The van der Waals surface area contributed by atoms with Gasteiger partial charge >= 0.3 is 6.61 Å². The van der Waals surface area contributed by atoms with Crippen molar-refractivity contribution in [2.75, 3.05) is 13.7 Å². The lowest BCUT2D eigenvalue weighted by atomic mass is 10.1. The van der Waals surface area contributed by atoms with Crippen LogP contribution in [0.5, 0.6) is 17.2 Å². The molecule has 3 aromatic rings. The van der Waals surface area contributed by atoms with Crippen molar-refractivity contribution in [1.29, 1.82) is 0 Å². The monoisotopic (exact) mass is 482 g/mol. The van der Waals surface area contributed by atoms with Crippen LogP contribution in [0.15, 0.2) is 42.5 Å². The molecule has 0 saturated carbocycles. The number of nitrogens with zero attached hydrogens (tertiary/aromatic N) is 1. The molecule has 1 amide bonds. The summed E-state index contributed by atoms with van der Waals surface area (Å²) in [6.45, 7) is -0.646. The van der Waals surface area contributed by atoms with Crippen LogP contribution in [0.3, 0.4) is 0 Å². The topological polar surface area (TPSA) is 69.7 Å². The molecule has 0 unspecified atom stereocenters. The molecule has 0 saturated heterocycles. The van der Waals surface area contributed by atoms with Crippen LogP contribution in [-0.2, 0) is 13.0 Å². The van der Waals surface area contributed by atoms with Crippen LogP contribution in [-0.4, -0.2) is 31.2 Å². The van der Waals surface area contributed by atoms with E-state index in [0.717, 1.165) is 5.56 Å². The first-order chi connectivity index (χ1) is 15.4. The fraction of sp³-hybridized carbons (Fsp3) is 0.273. The highest BCUT2D eigenvalue weighted by Gasteiger charge is 2.16. The average molecular weight is 483 g/mol. The van der Waals surface area contributed by atoms with Gasteiger partial charge in [-0.05, 0) is 55.3 Å². The van der Waals surface area contributed by atoms with E-state index in [2.05, 4.69) is 15.0 Å². The van der Waals surface area contributed by atoms with Crippen molar-refractivity contribution in [3.63, 3.8) is 0 Å². The maximum absolute atomic E-state index is 12.6. The summed E-state index contributed by atoms with van der Waals surface area (Å²) in [6, 6.07) is 11.7. The molecule has 1 heterocycles. The van der Waals surface area contributed by atoms with Gasteiger partial charge in [-0.3, -0.25) is 4.79 Å². The number of ether oxygens (including phenoxy) is 3. The molecule has 3 rings (SSSR count). The fourth-order valence-corrected chi connectivity index (χ4v) is 3.89. The first kappa shape index (κ1) is 23.7. The van der Waals surface area contributed by atoms with Crippen molar-refractivity contribution in [2.45, 2.75) is 26.6 Å². The van der Waals surface area contributed by atoms with Gasteiger partial charge < -0.3 is 19.5 Å². The maximum Gasteiger partial charge on any atom is 0.387 e. The van der Waals surface area contributed by atoms with E-state index in [9.17, 15) is 13.6 Å². The minimum absolute atomic E-state index is 0.0463. The van der Waals surface area contributed by atoms with Crippen molar-refractivity contribution in [3.05, 3.63) is 68.6 Å². The summed E-state index contributed by atoms with van der Waals surface area (Å²) < 4.78 is 40.3. The van der Waals surface area contributed by atoms with Crippen molar-refractivity contribution in [3.8, 4) is 17.2 Å². The lowest BCUT2D eigenvalue weighted by Gasteiger charge is -2.11. The first-order valence-corrected chi connectivity index (χ1v) is 10.8. The SMILES string of the molecule is COc1ccc(CCNC(=O)c2sc(COc3ccc(Cl)cc3)nc2C)cc1OC(F)F. The number of rotatable bonds is 10. The third kappa shape index (κ3) is 6.54. The smallest absolute Gasteiger partial charge is 0.387 e. The number of hydrogen-bond donors (Lipinski definition) is 1. The van der Waals surface area contributed by atoms with E-state index >= 15 is 0 Å². The molecule has 10 heteroatoms. The summed E-state index contributed by atoms with van der Waals surface area (Å²) in [4.78, 5) is 17.4. The van der Waals surface area contributed by atoms with Crippen molar-refractivity contribution < 1.29 is 27.8 Å². The number of nitrogens with one attached hydrogen (secondary N) is 1. The second-order valence-electron chi connectivity index (χ2n) is 6.63. The number of aromatic nitrogens is 1. The Hall–Kier alpha value is -2.91. The van der Waals surface area contributed by atoms with E-state index in [1.807, 2.05) is 0 Å². The predicted octanol–water partition coefficient (Wildman–Crippen LogP) is 5.27. The van der Waals surface area contributed by atoms with E-state index in [1.54, 1.807) is 43.3 Å². The first-order valence-electron chi connectivity index (χ1n) is 9.60. The zero-order valence-electron chi connectivity index (χ0n) is 17.4. The Balaban J connectivity index is 1.54. The Morgan fingerprint density at radius 2 is 1.94 bits per heavy atom. The van der Waals surface area contributed by atoms with Gasteiger partial charge in [0.1, 0.15) is 22.2 Å². The summed E-state index contributed by atoms with van der Waals surface area (Å²) in [5.74, 6) is 0.569. The average Bonchev–Trinajstić information content (AvgIpc) is 3.14. The standard InChI is InChI=1S/C22H21ClF2N2O4S/c1-13-20(32-19(27-13)12-30-16-6-4-15(23)5-7-16)21(28)26-10-9-14-3-8-17(29-2)18(11-14)31-22(24)25/h3-8,11,22H,9-10,12H2,1-2H3,(H,26,28). The lowest BCUT2D eigenvalue weighted by molar-refractivity contribution is -0.0512. The summed E-state index contributed by atoms with van der Waals surface area (Å²) in [6.07, 6.45) is 0.430. The molecule has 0 spiro atoms. The van der Waals surface area contributed by atoms with Gasteiger partial charge in [-0.25, -0.2) is 4.98 Å². The highest BCUT2D eigenvalue weighted by molar-refractivity contribution is 7.13. The Labute approximate surface area is 193 Å². The number of thiazole rings is 1. The van der Waals surface area contributed by atoms with Crippen molar-refractivity contribution in [1.82, 2.24) is 10.3 Å². The van der Waals surface area contributed by atoms with Gasteiger partial charge in [0, 0.05) is 11.6 Å². The zero-order chi connectivity index (χ0) is 23.1. The maximum atomic E-state index is 12.6. The minimum Gasteiger partial charge on any atom is -0.493 e. The number of methoxy groups -OCH3 is 1. The number of carbonyl (C=O) groups is 1. The van der Waals surface area contributed by atoms with Gasteiger partial charge in [0.25, 0.3) is 5.91 Å². The fourth-order valence-electron chi connectivity index (χ4n) is 2.87. The zero-order valence-corrected chi connectivity index (χ0v) is 18.9. The van der Waals surface area contributed by atoms with Crippen LogP contribution in [0.2, 0.25) is 5.02 Å². The van der Waals surface area contributed by atoms with Crippen LogP contribution >= 0.6 is 22.9 Å². The van der Waals surface area contributed by atoms with Crippen molar-refractivity contribution in [2.24, 2.45) is 0 Å². The normalized spacial score (nSPS) is 10.8. The predicted molar refractivity (Wildman–Crippen MR) is 118 cm³/mol. The molecule has 0 atom stereocenters. The van der Waals surface area contributed by atoms with Crippen LogP contribution in [0.1, 0.15) is 25.9 Å². The molecule has 32 heavy (non-hydrogen) atoms. The van der Waals surface area contributed by atoms with Gasteiger partial charge in [0.15, 0.2) is 11.5 Å². The molecular formula is C22H21ClF2N2O4S. The number of aryl methyl sites for hydroxylation is 1. The molecule has 0 bridgehead atoms. The number of alkyl halides is 2. The largest absolute Gasteiger partial charge is 0.493 e. The quantitative estimate of drug-likeness (QED) is 0.426. The molecule has 0 aliphatic heterocycles. The molecule has 1 N–H and O–H groups in total. The molecule has 170 valence electrons. The lowest BCUT2D eigenvalue weighted by Crippen LogP contribution is -2.25. The van der Waals surface area contributed by atoms with Gasteiger partial charge in [-0.2, -0.15) is 8.78 Å². The van der Waals surface area contributed by atoms with Crippen LogP contribution < -0.4 is 19.5 Å². The Bertz CT molecular complexity index is 1060. The summed E-state index contributed by atoms with van der Waals surface area (Å²) in [5, 5.41) is 4.12. The Morgan fingerprint density at radius 3 is 2.62 bits per heavy atom. The highest BCUT2D eigenvalue weighted by Crippen LogP contribution is 2.29. The Kier molecular flexibility index (Phi) is 8.24. The third-order valence-corrected chi connectivity index (χ3v) is 5.75. The van der Waals surface area contributed by atoms with E-state index in [4.69, 9.17) is 21.1 Å². The van der Waals surface area contributed by atoms with Crippen LogP contribution in [0, 0.1) is 6.92 Å². The van der Waals surface area contributed by atoms with Crippen LogP contribution in [0.25, 0.3) is 0 Å². The minimum atomic E-state index is -2.95. The number of halogens is 3. The molecular weight excluding hydrogens is 462 g/mol. The molecule has 0 aliphatic rings. The molecule has 6 nitrogen and oxygen atoms in total. The second kappa shape index (κ2) is 11.1. The van der Waals surface area contributed by atoms with E-state index < -0.39 is 6.61 Å². The van der Waals surface area contributed by atoms with E-state index in [0.29, 0.717) is 39.3 Å². The summed E-state index contributed by atoms with van der Waals surface area (Å²) >= 11 is 7.11. The highest BCUT2D eigenvalue weighted by atomic mass is 35.5. The third-order valence-electron chi connectivity index (χ3n) is 4.37. The Morgan fingerprint density at radius 1 is 1.19 bits per heavy atom. The number of amides is 1. The van der Waals surface area contributed by atoms with E-state index in [-0.39, 0.29) is 24.0 Å². The molecule has 0 aliphatic carbocycles. The molecule has 1 aromatic heterocycles. The van der Waals surface area contributed by atoms with Gasteiger partial charge in [-0.15, -0.1) is 11.3 Å². The molecule has 0 fully saturated rings. The molecule has 0 radical (unpaired) electrons. The van der Waals surface area contributed by atoms with Crippen LogP contribution in [0.4, 0.5) is 8.78 Å². The van der Waals surface area contributed by atoms with Gasteiger partial charge in [-0.1, -0.05) is 17.7 Å². The summed E-state index contributed by atoms with van der Waals surface area (Å²) in [5.41, 5.74) is 1.33. The molecule has 2 aromatic carbocycles.